The molecule has 7 nitrogen and oxygen atoms in total. The van der Waals surface area contributed by atoms with Crippen LogP contribution in [0, 0.1) is 11.3 Å². The van der Waals surface area contributed by atoms with Crippen molar-refractivity contribution in [2.75, 3.05) is 18.9 Å². The number of anilines is 1. The van der Waals surface area contributed by atoms with Gasteiger partial charge in [0.05, 0.1) is 22.5 Å². The van der Waals surface area contributed by atoms with Gasteiger partial charge >= 0.3 is 13.2 Å². The van der Waals surface area contributed by atoms with Crippen LogP contribution in [0.1, 0.15) is 55.9 Å². The summed E-state index contributed by atoms with van der Waals surface area (Å²) in [7, 11) is -0.680. The molecule has 1 fully saturated rings. The first-order valence-corrected chi connectivity index (χ1v) is 13.0. The van der Waals surface area contributed by atoms with Crippen LogP contribution in [0.2, 0.25) is 0 Å². The summed E-state index contributed by atoms with van der Waals surface area (Å²) in [6.07, 6.45) is 1.34. The van der Waals surface area contributed by atoms with Gasteiger partial charge in [0.2, 0.25) is 0 Å². The molecule has 3 aromatic carbocycles. The van der Waals surface area contributed by atoms with Gasteiger partial charge in [-0.25, -0.2) is 4.79 Å². The minimum absolute atomic E-state index is 0.0251. The summed E-state index contributed by atoms with van der Waals surface area (Å²) in [6, 6.07) is 23.7. The molecule has 1 aliphatic heterocycles. The van der Waals surface area contributed by atoms with Gasteiger partial charge < -0.3 is 25.1 Å². The molecule has 0 atom stereocenters. The Kier molecular flexibility index (Phi) is 6.98. The van der Waals surface area contributed by atoms with Crippen molar-refractivity contribution in [2.24, 2.45) is 0 Å². The molecule has 0 bridgehead atoms. The largest absolute Gasteiger partial charge is 0.492 e. The fraction of sp³-hybridized carbons (Fsp3) is 0.290. The zero-order valence-electron chi connectivity index (χ0n) is 22.7. The van der Waals surface area contributed by atoms with E-state index in [4.69, 9.17) is 19.8 Å². The van der Waals surface area contributed by atoms with Crippen LogP contribution in [-0.2, 0) is 14.0 Å². The monoisotopic (exact) mass is 521 g/mol. The summed E-state index contributed by atoms with van der Waals surface area (Å²) in [5, 5.41) is 12.1. The molecule has 0 aromatic heterocycles. The first-order valence-electron chi connectivity index (χ1n) is 13.0. The Morgan fingerprint density at radius 2 is 1.62 bits per heavy atom. The smallest absolute Gasteiger partial charge is 0.449 e. The second-order valence-corrected chi connectivity index (χ2v) is 10.9. The quantitative estimate of drug-likeness (QED) is 0.319. The van der Waals surface area contributed by atoms with Gasteiger partial charge in [0.1, 0.15) is 12.7 Å². The van der Waals surface area contributed by atoms with Crippen LogP contribution < -0.4 is 11.1 Å². The van der Waals surface area contributed by atoms with Gasteiger partial charge in [-0.1, -0.05) is 60.7 Å². The highest BCUT2D eigenvalue weighted by Gasteiger charge is 2.52. The lowest BCUT2D eigenvalue weighted by Gasteiger charge is -2.32. The molecule has 1 heterocycles. The Bertz CT molecular complexity index is 1430. The summed E-state index contributed by atoms with van der Waals surface area (Å²) in [6.45, 7) is 8.27. The number of fused-ring (bicyclic) bond motifs is 3. The highest BCUT2D eigenvalue weighted by Crippen LogP contribution is 2.44. The fourth-order valence-electron chi connectivity index (χ4n) is 5.01. The molecule has 0 radical (unpaired) electrons. The van der Waals surface area contributed by atoms with Gasteiger partial charge in [0.15, 0.2) is 0 Å². The van der Waals surface area contributed by atoms with Crippen molar-refractivity contribution >= 4 is 25.0 Å². The molecule has 39 heavy (non-hydrogen) atoms. The maximum Gasteiger partial charge on any atom is 0.492 e. The van der Waals surface area contributed by atoms with Crippen molar-refractivity contribution in [1.29, 1.82) is 5.26 Å². The number of hydrogen-bond donors (Lipinski definition) is 2. The summed E-state index contributed by atoms with van der Waals surface area (Å²) in [5.41, 5.74) is 11.8. The van der Waals surface area contributed by atoms with Crippen LogP contribution >= 0.6 is 0 Å². The Balaban J connectivity index is 1.31. The normalized spacial score (nSPS) is 17.3. The van der Waals surface area contributed by atoms with Crippen LogP contribution in [0.3, 0.4) is 0 Å². The summed E-state index contributed by atoms with van der Waals surface area (Å²) >= 11 is 0. The van der Waals surface area contributed by atoms with E-state index < -0.39 is 24.4 Å². The first kappa shape index (κ1) is 26.5. The van der Waals surface area contributed by atoms with E-state index in [0.29, 0.717) is 16.7 Å². The molecule has 1 aliphatic carbocycles. The Morgan fingerprint density at radius 3 is 2.18 bits per heavy atom. The standard InChI is InChI=1S/C31H32BN3O4/c1-30(2)31(3,4)39-32(38-30)22(15-20-13-14-21(17-33)28(34)16-20)18-35-29(36)37-19-27-25-11-7-5-9-23(25)24-10-6-8-12-26(24)27/h5-16,27H,18-19,34H2,1-4H3,(H,35,36). The molecule has 5 rings (SSSR count). The van der Waals surface area contributed by atoms with Gasteiger partial charge in [0.25, 0.3) is 0 Å². The average molecular weight is 521 g/mol. The van der Waals surface area contributed by atoms with Crippen LogP contribution in [0.25, 0.3) is 17.2 Å². The number of carbonyl (C=O) groups is 1. The summed E-state index contributed by atoms with van der Waals surface area (Å²) < 4.78 is 18.2. The minimum atomic E-state index is -0.680. The Labute approximate surface area is 229 Å². The molecular weight excluding hydrogens is 489 g/mol. The number of carbonyl (C=O) groups excluding carboxylic acids is 1. The molecule has 1 amide bonds. The Hall–Kier alpha value is -4.06. The minimum Gasteiger partial charge on any atom is -0.449 e. The molecular formula is C31H32BN3O4. The van der Waals surface area contributed by atoms with Crippen LogP contribution in [0.4, 0.5) is 10.5 Å². The number of nitriles is 1. The van der Waals surface area contributed by atoms with Crippen LogP contribution in [-0.4, -0.2) is 37.6 Å². The zero-order valence-corrected chi connectivity index (χ0v) is 22.7. The number of nitrogen functional groups attached to an aromatic ring is 1. The predicted octanol–water partition coefficient (Wildman–Crippen LogP) is 5.69. The summed E-state index contributed by atoms with van der Waals surface area (Å²) in [4.78, 5) is 12.9. The van der Waals surface area contributed by atoms with E-state index in [1.165, 1.54) is 11.1 Å². The third kappa shape index (κ3) is 5.16. The van der Waals surface area contributed by atoms with Crippen molar-refractivity contribution < 1.29 is 18.8 Å². The van der Waals surface area contributed by atoms with Crippen molar-refractivity contribution in [3.63, 3.8) is 0 Å². The number of hydrogen-bond acceptors (Lipinski definition) is 6. The number of alkyl carbamates (subject to hydrolysis) is 1. The summed E-state index contributed by atoms with van der Waals surface area (Å²) in [5.74, 6) is -0.0251. The highest BCUT2D eigenvalue weighted by molar-refractivity contribution is 6.56. The number of amides is 1. The first-order chi connectivity index (χ1) is 18.6. The third-order valence-corrected chi connectivity index (χ3v) is 7.88. The van der Waals surface area contributed by atoms with E-state index in [0.717, 1.165) is 16.7 Å². The molecule has 8 heteroatoms. The predicted molar refractivity (Wildman–Crippen MR) is 153 cm³/mol. The van der Waals surface area contributed by atoms with E-state index >= 15 is 0 Å². The Morgan fingerprint density at radius 1 is 1.03 bits per heavy atom. The van der Waals surface area contributed by atoms with Gasteiger partial charge in [-0.15, -0.1) is 0 Å². The molecule has 198 valence electrons. The molecule has 2 aliphatic rings. The number of nitrogens with one attached hydrogen (secondary N) is 1. The second kappa shape index (κ2) is 10.3. The molecule has 0 spiro atoms. The van der Waals surface area contributed by atoms with E-state index in [2.05, 4.69) is 35.7 Å². The van der Waals surface area contributed by atoms with Crippen LogP contribution in [0.5, 0.6) is 0 Å². The maximum atomic E-state index is 12.9. The lowest BCUT2D eigenvalue weighted by molar-refractivity contribution is 0.00578. The topological polar surface area (TPSA) is 107 Å². The second-order valence-electron chi connectivity index (χ2n) is 10.9. The molecule has 0 unspecified atom stereocenters. The molecule has 0 saturated carbocycles. The van der Waals surface area contributed by atoms with Gasteiger partial charge in [-0.05, 0) is 73.1 Å². The van der Waals surface area contributed by atoms with Crippen molar-refractivity contribution in [1.82, 2.24) is 5.32 Å². The fourth-order valence-corrected chi connectivity index (χ4v) is 5.01. The number of nitrogens with zero attached hydrogens (tertiary/aromatic N) is 1. The van der Waals surface area contributed by atoms with Crippen LogP contribution in [0.15, 0.2) is 72.2 Å². The lowest BCUT2D eigenvalue weighted by Crippen LogP contribution is -2.41. The highest BCUT2D eigenvalue weighted by atomic mass is 16.7. The number of ether oxygens (including phenoxy) is 1. The number of nitrogens with two attached hydrogens (primary N) is 1. The van der Waals surface area contributed by atoms with Crippen molar-refractivity contribution in [3.05, 3.63) is 94.5 Å². The van der Waals surface area contributed by atoms with E-state index in [1.807, 2.05) is 58.0 Å². The molecule has 3 aromatic rings. The number of rotatable bonds is 6. The van der Waals surface area contributed by atoms with E-state index in [-0.39, 0.29) is 19.1 Å². The lowest BCUT2D eigenvalue weighted by atomic mass is 9.77. The SMILES string of the molecule is CC1(C)OB(C(=Cc2ccc(C#N)c(N)c2)CNC(=O)OCC2c3ccccc3-c3ccccc32)OC1(C)C. The van der Waals surface area contributed by atoms with Gasteiger partial charge in [-0.2, -0.15) is 5.26 Å². The van der Waals surface area contributed by atoms with E-state index in [1.54, 1.807) is 18.2 Å². The molecule has 3 N–H and O–H groups in total. The average Bonchev–Trinajstić information content (AvgIpc) is 3.34. The maximum absolute atomic E-state index is 12.9. The van der Waals surface area contributed by atoms with Gasteiger partial charge in [-0.3, -0.25) is 0 Å². The third-order valence-electron chi connectivity index (χ3n) is 7.88. The zero-order chi connectivity index (χ0) is 27.8. The van der Waals surface area contributed by atoms with Crippen molar-refractivity contribution in [2.45, 2.75) is 44.8 Å². The van der Waals surface area contributed by atoms with Gasteiger partial charge in [0, 0.05) is 12.5 Å². The molecule has 1 saturated heterocycles. The van der Waals surface area contributed by atoms with E-state index in [9.17, 15) is 10.1 Å². The van der Waals surface area contributed by atoms with Crippen molar-refractivity contribution in [3.8, 4) is 17.2 Å². The number of benzene rings is 3.